The molecule has 2 N–H and O–H groups in total. The molecule has 0 bridgehead atoms. The van der Waals surface area contributed by atoms with E-state index in [1.165, 1.54) is 11.8 Å². The predicted molar refractivity (Wildman–Crippen MR) is 83.2 cm³/mol. The van der Waals surface area contributed by atoms with Gasteiger partial charge in [-0.25, -0.2) is 9.97 Å². The summed E-state index contributed by atoms with van der Waals surface area (Å²) in [6, 6.07) is 8.21. The van der Waals surface area contributed by atoms with Crippen molar-refractivity contribution in [1.29, 1.82) is 0 Å². The number of hydrogen-bond donors (Lipinski definition) is 2. The second kappa shape index (κ2) is 7.38. The van der Waals surface area contributed by atoms with E-state index >= 15 is 0 Å². The maximum atomic E-state index is 12.0. The maximum Gasteiger partial charge on any atom is 0.271 e. The molecule has 1 aromatic carbocycles. The average molecular weight is 284 g/mol. The molecule has 2 aromatic rings. The molecule has 0 radical (unpaired) electrons. The van der Waals surface area contributed by atoms with Gasteiger partial charge in [-0.05, 0) is 24.5 Å². The van der Waals surface area contributed by atoms with Gasteiger partial charge in [0, 0.05) is 13.1 Å². The number of nitrogens with one attached hydrogen (secondary N) is 2. The molecular weight excluding hydrogens is 264 g/mol. The average Bonchev–Trinajstić information content (AvgIpc) is 2.54. The fourth-order valence-electron chi connectivity index (χ4n) is 1.88. The third-order valence-electron chi connectivity index (χ3n) is 3.13. The Bertz CT molecular complexity index is 578. The van der Waals surface area contributed by atoms with Crippen molar-refractivity contribution in [3.05, 3.63) is 53.5 Å². The van der Waals surface area contributed by atoms with Gasteiger partial charge in [-0.2, -0.15) is 0 Å². The molecule has 1 aromatic heterocycles. The molecule has 0 fully saturated rings. The first-order valence-electron chi connectivity index (χ1n) is 7.14. The lowest BCUT2D eigenvalue weighted by molar-refractivity contribution is 0.0945. The highest BCUT2D eigenvalue weighted by molar-refractivity contribution is 5.91. The van der Waals surface area contributed by atoms with E-state index in [1.807, 2.05) is 19.1 Å². The number of hydrogen-bond acceptors (Lipinski definition) is 4. The van der Waals surface area contributed by atoms with Crippen molar-refractivity contribution >= 4 is 11.7 Å². The first-order chi connectivity index (χ1) is 10.2. The number of carbonyl (C=O) groups is 1. The fraction of sp³-hybridized carbons (Fsp3) is 0.312. The zero-order chi connectivity index (χ0) is 15.1. The number of aryl methyl sites for hydroxylation is 1. The molecule has 0 unspecified atom stereocenters. The summed E-state index contributed by atoms with van der Waals surface area (Å²) < 4.78 is 0. The molecule has 21 heavy (non-hydrogen) atoms. The Morgan fingerprint density at radius 3 is 2.33 bits per heavy atom. The van der Waals surface area contributed by atoms with Crippen LogP contribution in [-0.4, -0.2) is 22.4 Å². The zero-order valence-electron chi connectivity index (χ0n) is 12.4. The summed E-state index contributed by atoms with van der Waals surface area (Å²) in [5, 5.41) is 5.88. The third kappa shape index (κ3) is 4.27. The van der Waals surface area contributed by atoms with Crippen LogP contribution in [0.15, 0.2) is 36.7 Å². The fourth-order valence-corrected chi connectivity index (χ4v) is 1.88. The first-order valence-corrected chi connectivity index (χ1v) is 7.14. The van der Waals surface area contributed by atoms with E-state index in [2.05, 4.69) is 39.7 Å². The number of carbonyl (C=O) groups excluding carboxylic acids is 1. The van der Waals surface area contributed by atoms with Crippen LogP contribution in [0, 0.1) is 0 Å². The van der Waals surface area contributed by atoms with Crippen molar-refractivity contribution in [2.75, 3.05) is 11.9 Å². The number of amides is 1. The second-order valence-corrected chi connectivity index (χ2v) is 4.67. The summed E-state index contributed by atoms with van der Waals surface area (Å²) in [6.07, 6.45) is 4.06. The molecular formula is C16H20N4O. The van der Waals surface area contributed by atoms with Crippen LogP contribution < -0.4 is 10.6 Å². The van der Waals surface area contributed by atoms with E-state index < -0.39 is 0 Å². The summed E-state index contributed by atoms with van der Waals surface area (Å²) >= 11 is 0. The molecule has 1 amide bonds. The summed E-state index contributed by atoms with van der Waals surface area (Å²) in [5.41, 5.74) is 2.68. The van der Waals surface area contributed by atoms with Gasteiger partial charge in [-0.15, -0.1) is 0 Å². The molecule has 0 spiro atoms. The number of aromatic nitrogens is 2. The highest BCUT2D eigenvalue weighted by Gasteiger charge is 2.07. The van der Waals surface area contributed by atoms with Gasteiger partial charge < -0.3 is 10.6 Å². The van der Waals surface area contributed by atoms with Gasteiger partial charge in [0.05, 0.1) is 12.4 Å². The SMILES string of the molecule is CCNc1cnc(C(=O)NCc2ccc(CC)cc2)cn1. The van der Waals surface area contributed by atoms with Crippen LogP contribution in [0.5, 0.6) is 0 Å². The predicted octanol–water partition coefficient (Wildman–Crippen LogP) is 2.40. The van der Waals surface area contributed by atoms with Crippen molar-refractivity contribution in [2.45, 2.75) is 26.8 Å². The molecule has 2 rings (SSSR count). The van der Waals surface area contributed by atoms with Gasteiger partial charge in [0.2, 0.25) is 0 Å². The maximum absolute atomic E-state index is 12.0. The third-order valence-corrected chi connectivity index (χ3v) is 3.13. The van der Waals surface area contributed by atoms with Gasteiger partial charge in [-0.1, -0.05) is 31.2 Å². The number of rotatable bonds is 6. The Hall–Kier alpha value is -2.43. The molecule has 0 aliphatic rings. The molecule has 0 atom stereocenters. The lowest BCUT2D eigenvalue weighted by Gasteiger charge is -2.06. The van der Waals surface area contributed by atoms with Crippen LogP contribution in [-0.2, 0) is 13.0 Å². The van der Waals surface area contributed by atoms with Crippen molar-refractivity contribution in [1.82, 2.24) is 15.3 Å². The lowest BCUT2D eigenvalue weighted by Crippen LogP contribution is -2.24. The molecule has 110 valence electrons. The van der Waals surface area contributed by atoms with Crippen LogP contribution in [0.1, 0.15) is 35.5 Å². The highest BCUT2D eigenvalue weighted by atomic mass is 16.1. The zero-order valence-corrected chi connectivity index (χ0v) is 12.4. The Labute approximate surface area is 124 Å². The van der Waals surface area contributed by atoms with Gasteiger partial charge >= 0.3 is 0 Å². The minimum atomic E-state index is -0.217. The monoisotopic (exact) mass is 284 g/mol. The summed E-state index contributed by atoms with van der Waals surface area (Å²) in [7, 11) is 0. The standard InChI is InChI=1S/C16H20N4O/c1-3-12-5-7-13(8-6-12)9-20-16(21)14-10-19-15(11-18-14)17-4-2/h5-8,10-11H,3-4,9H2,1-2H3,(H,17,19)(H,20,21). The molecule has 0 aliphatic heterocycles. The normalized spacial score (nSPS) is 10.2. The Morgan fingerprint density at radius 1 is 1.05 bits per heavy atom. The summed E-state index contributed by atoms with van der Waals surface area (Å²) in [5.74, 6) is 0.453. The molecule has 5 nitrogen and oxygen atoms in total. The van der Waals surface area contributed by atoms with Crippen molar-refractivity contribution < 1.29 is 4.79 Å². The van der Waals surface area contributed by atoms with E-state index in [9.17, 15) is 4.79 Å². The van der Waals surface area contributed by atoms with Gasteiger partial charge in [0.25, 0.3) is 5.91 Å². The van der Waals surface area contributed by atoms with Gasteiger partial charge in [0.15, 0.2) is 0 Å². The summed E-state index contributed by atoms with van der Waals surface area (Å²) in [6.45, 7) is 5.35. The Balaban J connectivity index is 1.91. The largest absolute Gasteiger partial charge is 0.369 e. The van der Waals surface area contributed by atoms with Crippen LogP contribution in [0.2, 0.25) is 0 Å². The lowest BCUT2D eigenvalue weighted by atomic mass is 10.1. The molecule has 5 heteroatoms. The van der Waals surface area contributed by atoms with E-state index in [-0.39, 0.29) is 5.91 Å². The van der Waals surface area contributed by atoms with E-state index in [0.29, 0.717) is 18.1 Å². The number of anilines is 1. The van der Waals surface area contributed by atoms with Crippen LogP contribution >= 0.6 is 0 Å². The number of nitrogens with zero attached hydrogens (tertiary/aromatic N) is 2. The van der Waals surface area contributed by atoms with Crippen LogP contribution in [0.25, 0.3) is 0 Å². The van der Waals surface area contributed by atoms with E-state index in [0.717, 1.165) is 18.5 Å². The number of benzene rings is 1. The molecule has 0 aliphatic carbocycles. The summed E-state index contributed by atoms with van der Waals surface area (Å²) in [4.78, 5) is 20.2. The molecule has 0 saturated carbocycles. The van der Waals surface area contributed by atoms with Gasteiger partial charge in [-0.3, -0.25) is 4.79 Å². The van der Waals surface area contributed by atoms with Crippen LogP contribution in [0.4, 0.5) is 5.82 Å². The van der Waals surface area contributed by atoms with Crippen LogP contribution in [0.3, 0.4) is 0 Å². The van der Waals surface area contributed by atoms with Crippen molar-refractivity contribution in [3.8, 4) is 0 Å². The first kappa shape index (κ1) is 15.0. The van der Waals surface area contributed by atoms with Gasteiger partial charge in [0.1, 0.15) is 11.5 Å². The van der Waals surface area contributed by atoms with Crippen molar-refractivity contribution in [3.63, 3.8) is 0 Å². The smallest absolute Gasteiger partial charge is 0.271 e. The Morgan fingerprint density at radius 2 is 1.76 bits per heavy atom. The minimum Gasteiger partial charge on any atom is -0.369 e. The highest BCUT2D eigenvalue weighted by Crippen LogP contribution is 2.05. The van der Waals surface area contributed by atoms with Crippen molar-refractivity contribution in [2.24, 2.45) is 0 Å². The van der Waals surface area contributed by atoms with E-state index in [1.54, 1.807) is 6.20 Å². The quantitative estimate of drug-likeness (QED) is 0.855. The molecule has 1 heterocycles. The topological polar surface area (TPSA) is 66.9 Å². The second-order valence-electron chi connectivity index (χ2n) is 4.67. The minimum absolute atomic E-state index is 0.217. The van der Waals surface area contributed by atoms with E-state index in [4.69, 9.17) is 0 Å². The molecule has 0 saturated heterocycles. The Kier molecular flexibility index (Phi) is 5.26.